The summed E-state index contributed by atoms with van der Waals surface area (Å²) in [6.45, 7) is 15.8. The smallest absolute Gasteiger partial charge is 0.190 e. The van der Waals surface area contributed by atoms with Gasteiger partial charge >= 0.3 is 0 Å². The second kappa shape index (κ2) is 10.5. The van der Waals surface area contributed by atoms with Gasteiger partial charge in [0, 0.05) is 32.7 Å². The maximum atomic E-state index is 6.10. The Morgan fingerprint density at radius 2 is 1.81 bits per heavy atom. The van der Waals surface area contributed by atoms with E-state index in [9.17, 15) is 0 Å². The van der Waals surface area contributed by atoms with Crippen LogP contribution in [0.5, 0.6) is 0 Å². The lowest BCUT2D eigenvalue weighted by Gasteiger charge is -2.40. The lowest BCUT2D eigenvalue weighted by atomic mass is 9.78. The molecule has 2 aliphatic rings. The zero-order valence-electron chi connectivity index (χ0n) is 17.8. The van der Waals surface area contributed by atoms with Crippen LogP contribution in [0, 0.1) is 17.3 Å². The Hall–Kier alpha value is -0.810. The molecule has 0 saturated carbocycles. The first kappa shape index (κ1) is 21.5. The van der Waals surface area contributed by atoms with Gasteiger partial charge in [-0.3, -0.25) is 4.99 Å². The molecule has 5 nitrogen and oxygen atoms in total. The third-order valence-corrected chi connectivity index (χ3v) is 5.86. The van der Waals surface area contributed by atoms with Gasteiger partial charge < -0.3 is 20.3 Å². The highest BCUT2D eigenvalue weighted by Crippen LogP contribution is 2.33. The van der Waals surface area contributed by atoms with Gasteiger partial charge in [0.05, 0.1) is 6.10 Å². The van der Waals surface area contributed by atoms with Crippen molar-refractivity contribution in [1.29, 1.82) is 0 Å². The summed E-state index contributed by atoms with van der Waals surface area (Å²) in [5, 5.41) is 7.12. The Bertz CT molecular complexity index is 424. The van der Waals surface area contributed by atoms with E-state index in [1.165, 1.54) is 51.7 Å². The summed E-state index contributed by atoms with van der Waals surface area (Å²) in [7, 11) is 1.87. The van der Waals surface area contributed by atoms with Crippen LogP contribution in [0.15, 0.2) is 4.99 Å². The van der Waals surface area contributed by atoms with E-state index in [1.54, 1.807) is 0 Å². The van der Waals surface area contributed by atoms with Crippen molar-refractivity contribution in [2.24, 2.45) is 22.2 Å². The number of guanidine groups is 1. The first-order valence-corrected chi connectivity index (χ1v) is 10.7. The third-order valence-electron chi connectivity index (χ3n) is 5.86. The monoisotopic (exact) mass is 366 g/mol. The van der Waals surface area contributed by atoms with Crippen LogP contribution >= 0.6 is 0 Å². The number of hydrogen-bond donors (Lipinski definition) is 2. The molecule has 152 valence electrons. The molecule has 0 aliphatic carbocycles. The highest BCUT2D eigenvalue weighted by Gasteiger charge is 2.35. The Morgan fingerprint density at radius 1 is 1.12 bits per heavy atom. The lowest BCUT2D eigenvalue weighted by Crippen LogP contribution is -2.48. The Morgan fingerprint density at radius 3 is 2.42 bits per heavy atom. The van der Waals surface area contributed by atoms with Gasteiger partial charge in [-0.25, -0.2) is 0 Å². The van der Waals surface area contributed by atoms with Crippen molar-refractivity contribution in [3.8, 4) is 0 Å². The highest BCUT2D eigenvalue weighted by molar-refractivity contribution is 5.79. The molecule has 26 heavy (non-hydrogen) atoms. The van der Waals surface area contributed by atoms with E-state index >= 15 is 0 Å². The van der Waals surface area contributed by atoms with Gasteiger partial charge in [-0.2, -0.15) is 0 Å². The number of likely N-dealkylation sites (tertiary alicyclic amines) is 1. The standard InChI is InChI=1S/C21H42N4O/c1-6-11-25-12-9-17(10-13-25)15-23-20(22-5)24-16-18-8-7-14-26-19(18)21(2,3)4/h17-19H,6-16H2,1-5H3,(H2,22,23,24). The van der Waals surface area contributed by atoms with Gasteiger partial charge in [0.15, 0.2) is 5.96 Å². The minimum atomic E-state index is 0.191. The molecule has 2 atom stereocenters. The van der Waals surface area contributed by atoms with Gasteiger partial charge in [0.25, 0.3) is 0 Å². The van der Waals surface area contributed by atoms with Gasteiger partial charge in [0.2, 0.25) is 0 Å². The zero-order valence-corrected chi connectivity index (χ0v) is 17.8. The Labute approximate surface area is 161 Å². The normalized spacial score (nSPS) is 26.7. The van der Waals surface area contributed by atoms with Gasteiger partial charge in [0.1, 0.15) is 0 Å². The topological polar surface area (TPSA) is 48.9 Å². The number of rotatable bonds is 6. The summed E-state index contributed by atoms with van der Waals surface area (Å²) in [4.78, 5) is 7.03. The number of hydrogen-bond acceptors (Lipinski definition) is 3. The molecule has 0 spiro atoms. The molecular formula is C21H42N4O. The van der Waals surface area contributed by atoms with Crippen LogP contribution in [0.25, 0.3) is 0 Å². The minimum Gasteiger partial charge on any atom is -0.377 e. The van der Waals surface area contributed by atoms with Crippen molar-refractivity contribution in [2.45, 2.75) is 65.9 Å². The summed E-state index contributed by atoms with van der Waals surface area (Å²) in [6.07, 6.45) is 6.59. The summed E-state index contributed by atoms with van der Waals surface area (Å²) in [6, 6.07) is 0. The molecule has 0 bridgehead atoms. The van der Waals surface area contributed by atoms with Gasteiger partial charge in [-0.15, -0.1) is 0 Å². The average Bonchev–Trinajstić information content (AvgIpc) is 2.63. The zero-order chi connectivity index (χ0) is 19.0. The number of piperidine rings is 1. The largest absolute Gasteiger partial charge is 0.377 e. The maximum absolute atomic E-state index is 6.10. The second-order valence-corrected chi connectivity index (χ2v) is 9.18. The molecule has 5 heteroatoms. The van der Waals surface area contributed by atoms with E-state index < -0.39 is 0 Å². The molecule has 2 rings (SSSR count). The number of nitrogens with one attached hydrogen (secondary N) is 2. The van der Waals surface area contributed by atoms with Crippen molar-refractivity contribution in [1.82, 2.24) is 15.5 Å². The van der Waals surface area contributed by atoms with Crippen LogP contribution in [-0.4, -0.2) is 63.3 Å². The number of nitrogens with zero attached hydrogens (tertiary/aromatic N) is 2. The third kappa shape index (κ3) is 6.73. The highest BCUT2D eigenvalue weighted by atomic mass is 16.5. The van der Waals surface area contributed by atoms with Gasteiger partial charge in [-0.1, -0.05) is 27.7 Å². The van der Waals surface area contributed by atoms with E-state index in [2.05, 4.69) is 48.2 Å². The van der Waals surface area contributed by atoms with Crippen molar-refractivity contribution in [3.05, 3.63) is 0 Å². The summed E-state index contributed by atoms with van der Waals surface area (Å²) in [5.41, 5.74) is 0.191. The van der Waals surface area contributed by atoms with Crippen LogP contribution in [-0.2, 0) is 4.74 Å². The second-order valence-electron chi connectivity index (χ2n) is 9.18. The molecule has 0 aromatic rings. The summed E-state index contributed by atoms with van der Waals surface area (Å²) < 4.78 is 6.10. The molecule has 0 aromatic carbocycles. The molecule has 2 N–H and O–H groups in total. The van der Waals surface area contributed by atoms with Crippen molar-refractivity contribution in [2.75, 3.05) is 46.4 Å². The van der Waals surface area contributed by atoms with E-state index in [0.717, 1.165) is 31.6 Å². The van der Waals surface area contributed by atoms with Crippen LogP contribution in [0.2, 0.25) is 0 Å². The van der Waals surface area contributed by atoms with Gasteiger partial charge in [-0.05, 0) is 63.1 Å². The van der Waals surface area contributed by atoms with Crippen molar-refractivity contribution >= 4 is 5.96 Å². The summed E-state index contributed by atoms with van der Waals surface area (Å²) in [5.74, 6) is 2.26. The van der Waals surface area contributed by atoms with Crippen molar-refractivity contribution < 1.29 is 4.74 Å². The molecule has 2 unspecified atom stereocenters. The number of aliphatic imine (C=N–C) groups is 1. The molecule has 2 aliphatic heterocycles. The lowest BCUT2D eigenvalue weighted by molar-refractivity contribution is -0.0835. The fraction of sp³-hybridized carbons (Fsp3) is 0.952. The van der Waals surface area contributed by atoms with E-state index in [1.807, 2.05) is 7.05 Å². The van der Waals surface area contributed by atoms with Crippen LogP contribution < -0.4 is 10.6 Å². The van der Waals surface area contributed by atoms with E-state index in [0.29, 0.717) is 12.0 Å². The quantitative estimate of drug-likeness (QED) is 0.560. The number of ether oxygens (including phenoxy) is 1. The fourth-order valence-electron chi connectivity index (χ4n) is 4.43. The first-order valence-electron chi connectivity index (χ1n) is 10.7. The van der Waals surface area contributed by atoms with Crippen LogP contribution in [0.3, 0.4) is 0 Å². The molecular weight excluding hydrogens is 324 g/mol. The van der Waals surface area contributed by atoms with Crippen LogP contribution in [0.4, 0.5) is 0 Å². The molecule has 2 heterocycles. The van der Waals surface area contributed by atoms with Crippen LogP contribution in [0.1, 0.15) is 59.8 Å². The Kier molecular flexibility index (Phi) is 8.68. The first-order chi connectivity index (χ1) is 12.4. The molecule has 2 saturated heterocycles. The predicted octanol–water partition coefficient (Wildman–Crippen LogP) is 3.11. The molecule has 0 aromatic heterocycles. The predicted molar refractivity (Wildman–Crippen MR) is 111 cm³/mol. The Balaban J connectivity index is 1.72. The average molecular weight is 367 g/mol. The van der Waals surface area contributed by atoms with E-state index in [-0.39, 0.29) is 5.41 Å². The SMILES string of the molecule is CCCN1CCC(CNC(=NC)NCC2CCCOC2C(C)(C)C)CC1. The van der Waals surface area contributed by atoms with Crippen molar-refractivity contribution in [3.63, 3.8) is 0 Å². The summed E-state index contributed by atoms with van der Waals surface area (Å²) >= 11 is 0. The molecule has 0 radical (unpaired) electrons. The molecule has 2 fully saturated rings. The minimum absolute atomic E-state index is 0.191. The fourth-order valence-corrected chi connectivity index (χ4v) is 4.43. The van der Waals surface area contributed by atoms with E-state index in [4.69, 9.17) is 4.74 Å². The maximum Gasteiger partial charge on any atom is 0.190 e. The molecule has 0 amide bonds.